The average Bonchev–Trinajstić information content (AvgIpc) is 2.33. The van der Waals surface area contributed by atoms with Gasteiger partial charge in [0.1, 0.15) is 17.9 Å². The molecule has 3 heteroatoms. The molecule has 0 spiro atoms. The molecule has 1 N–H and O–H groups in total. The summed E-state index contributed by atoms with van der Waals surface area (Å²) in [6.07, 6.45) is 2.27. The van der Waals surface area contributed by atoms with Crippen molar-refractivity contribution < 1.29 is 4.74 Å². The van der Waals surface area contributed by atoms with E-state index in [2.05, 4.69) is 11.4 Å². The van der Waals surface area contributed by atoms with Gasteiger partial charge < -0.3 is 10.1 Å². The molecule has 0 bridgehead atoms. The molecule has 0 aliphatic carbocycles. The summed E-state index contributed by atoms with van der Waals surface area (Å²) >= 11 is 0. The van der Waals surface area contributed by atoms with E-state index in [1.165, 1.54) is 0 Å². The van der Waals surface area contributed by atoms with E-state index in [0.29, 0.717) is 5.56 Å². The van der Waals surface area contributed by atoms with Gasteiger partial charge in [0.25, 0.3) is 0 Å². The first-order valence-corrected chi connectivity index (χ1v) is 5.68. The first kappa shape index (κ1) is 11.0. The Morgan fingerprint density at radius 1 is 1.38 bits per heavy atom. The van der Waals surface area contributed by atoms with Crippen molar-refractivity contribution in [1.29, 1.82) is 5.26 Å². The number of hydrogen-bond donors (Lipinski definition) is 1. The maximum atomic E-state index is 9.03. The molecule has 0 atom stereocenters. The van der Waals surface area contributed by atoms with Crippen molar-refractivity contribution in [2.75, 3.05) is 13.1 Å². The van der Waals surface area contributed by atoms with Gasteiger partial charge in [0, 0.05) is 0 Å². The number of aryl methyl sites for hydroxylation is 1. The number of hydrogen-bond acceptors (Lipinski definition) is 3. The van der Waals surface area contributed by atoms with Gasteiger partial charge in [-0.05, 0) is 50.6 Å². The van der Waals surface area contributed by atoms with Gasteiger partial charge >= 0.3 is 0 Å². The zero-order chi connectivity index (χ0) is 11.4. The summed E-state index contributed by atoms with van der Waals surface area (Å²) in [5.41, 5.74) is 1.73. The molecule has 1 fully saturated rings. The molecule has 3 nitrogen and oxygen atoms in total. The molecule has 1 aliphatic heterocycles. The quantitative estimate of drug-likeness (QED) is 0.822. The van der Waals surface area contributed by atoms with E-state index in [-0.39, 0.29) is 6.10 Å². The third kappa shape index (κ3) is 2.53. The maximum absolute atomic E-state index is 9.03. The van der Waals surface area contributed by atoms with Crippen LogP contribution < -0.4 is 10.1 Å². The number of nitriles is 1. The fraction of sp³-hybridized carbons (Fsp3) is 0.462. The lowest BCUT2D eigenvalue weighted by Crippen LogP contribution is -2.34. The smallest absolute Gasteiger partial charge is 0.137 e. The molecule has 0 unspecified atom stereocenters. The summed E-state index contributed by atoms with van der Waals surface area (Å²) in [4.78, 5) is 0. The van der Waals surface area contributed by atoms with Crippen molar-refractivity contribution in [1.82, 2.24) is 5.32 Å². The number of rotatable bonds is 2. The van der Waals surface area contributed by atoms with Crippen LogP contribution in [0.2, 0.25) is 0 Å². The average molecular weight is 216 g/mol. The fourth-order valence-corrected chi connectivity index (χ4v) is 1.93. The molecular formula is C13H16N2O. The van der Waals surface area contributed by atoms with E-state index < -0.39 is 0 Å². The molecule has 0 saturated carbocycles. The molecule has 16 heavy (non-hydrogen) atoms. The highest BCUT2D eigenvalue weighted by Crippen LogP contribution is 2.22. The van der Waals surface area contributed by atoms with E-state index in [1.54, 1.807) is 0 Å². The highest BCUT2D eigenvalue weighted by Gasteiger charge is 2.15. The fourth-order valence-electron chi connectivity index (χ4n) is 1.93. The molecule has 1 aromatic carbocycles. The number of nitrogens with zero attached hydrogens (tertiary/aromatic N) is 1. The lowest BCUT2D eigenvalue weighted by molar-refractivity contribution is 0.162. The van der Waals surface area contributed by atoms with Gasteiger partial charge in [-0.2, -0.15) is 5.26 Å². The number of piperidine rings is 1. The monoisotopic (exact) mass is 216 g/mol. The highest BCUT2D eigenvalue weighted by atomic mass is 16.5. The summed E-state index contributed by atoms with van der Waals surface area (Å²) in [5, 5.41) is 12.3. The number of benzene rings is 1. The maximum Gasteiger partial charge on any atom is 0.137 e. The van der Waals surface area contributed by atoms with Gasteiger partial charge in [0.05, 0.1) is 5.56 Å². The van der Waals surface area contributed by atoms with Crippen molar-refractivity contribution in [3.8, 4) is 11.8 Å². The molecule has 0 amide bonds. The Bertz CT molecular complexity index is 403. The number of ether oxygens (including phenoxy) is 1. The molecule has 0 aromatic heterocycles. The van der Waals surface area contributed by atoms with Gasteiger partial charge in [0.15, 0.2) is 0 Å². The minimum atomic E-state index is 0.246. The van der Waals surface area contributed by atoms with Crippen molar-refractivity contribution in [3.63, 3.8) is 0 Å². The second-order valence-electron chi connectivity index (χ2n) is 4.18. The van der Waals surface area contributed by atoms with Gasteiger partial charge in [-0.15, -0.1) is 0 Å². The normalized spacial score (nSPS) is 16.8. The third-order valence-corrected chi connectivity index (χ3v) is 2.84. The van der Waals surface area contributed by atoms with Gasteiger partial charge in [-0.1, -0.05) is 6.07 Å². The van der Waals surface area contributed by atoms with Crippen LogP contribution in [0.1, 0.15) is 24.0 Å². The Hall–Kier alpha value is -1.53. The largest absolute Gasteiger partial charge is 0.489 e. The van der Waals surface area contributed by atoms with Crippen LogP contribution in [0.3, 0.4) is 0 Å². The lowest BCUT2D eigenvalue weighted by Gasteiger charge is -2.24. The molecule has 1 saturated heterocycles. The van der Waals surface area contributed by atoms with Crippen molar-refractivity contribution in [2.24, 2.45) is 0 Å². The van der Waals surface area contributed by atoms with Crippen molar-refractivity contribution in [3.05, 3.63) is 29.3 Å². The van der Waals surface area contributed by atoms with Gasteiger partial charge in [-0.3, -0.25) is 0 Å². The van der Waals surface area contributed by atoms with Gasteiger partial charge in [0.2, 0.25) is 0 Å². The lowest BCUT2D eigenvalue weighted by atomic mass is 10.1. The molecule has 0 radical (unpaired) electrons. The summed E-state index contributed by atoms with van der Waals surface area (Å²) in [6.45, 7) is 3.98. The Labute approximate surface area is 96.0 Å². The van der Waals surface area contributed by atoms with Crippen LogP contribution in [0.15, 0.2) is 18.2 Å². The topological polar surface area (TPSA) is 45.0 Å². The molecule has 2 rings (SSSR count). The van der Waals surface area contributed by atoms with E-state index in [4.69, 9.17) is 10.00 Å². The van der Waals surface area contributed by atoms with Crippen molar-refractivity contribution in [2.45, 2.75) is 25.9 Å². The zero-order valence-electron chi connectivity index (χ0n) is 9.49. The minimum Gasteiger partial charge on any atom is -0.489 e. The highest BCUT2D eigenvalue weighted by molar-refractivity contribution is 5.45. The van der Waals surface area contributed by atoms with Crippen LogP contribution in [-0.2, 0) is 0 Å². The Kier molecular flexibility index (Phi) is 3.43. The Morgan fingerprint density at radius 2 is 2.12 bits per heavy atom. The molecule has 84 valence electrons. The summed E-state index contributed by atoms with van der Waals surface area (Å²) in [7, 11) is 0. The summed E-state index contributed by atoms with van der Waals surface area (Å²) in [6, 6.07) is 7.94. The minimum absolute atomic E-state index is 0.246. The van der Waals surface area contributed by atoms with Crippen LogP contribution in [0.4, 0.5) is 0 Å². The van der Waals surface area contributed by atoms with Crippen LogP contribution in [0.5, 0.6) is 5.75 Å². The van der Waals surface area contributed by atoms with Gasteiger partial charge in [-0.25, -0.2) is 0 Å². The second-order valence-corrected chi connectivity index (χ2v) is 4.18. The molecular weight excluding hydrogens is 200 g/mol. The SMILES string of the molecule is Cc1ccc(OC2CCNCC2)c(C#N)c1. The van der Waals surface area contributed by atoms with E-state index in [1.807, 2.05) is 25.1 Å². The van der Waals surface area contributed by atoms with E-state index >= 15 is 0 Å². The standard InChI is InChI=1S/C13H16N2O/c1-10-2-3-13(11(8-10)9-14)16-12-4-6-15-7-5-12/h2-3,8,12,15H,4-7H2,1H3. The molecule has 1 aliphatic rings. The predicted molar refractivity (Wildman–Crippen MR) is 62.4 cm³/mol. The van der Waals surface area contributed by atoms with E-state index in [0.717, 1.165) is 37.2 Å². The van der Waals surface area contributed by atoms with Crippen molar-refractivity contribution >= 4 is 0 Å². The predicted octanol–water partition coefficient (Wildman–Crippen LogP) is 2.00. The van der Waals surface area contributed by atoms with Crippen LogP contribution in [-0.4, -0.2) is 19.2 Å². The second kappa shape index (κ2) is 5.00. The third-order valence-electron chi connectivity index (χ3n) is 2.84. The zero-order valence-corrected chi connectivity index (χ0v) is 9.49. The number of nitrogens with one attached hydrogen (secondary N) is 1. The van der Waals surface area contributed by atoms with Crippen LogP contribution in [0, 0.1) is 18.3 Å². The first-order chi connectivity index (χ1) is 7.79. The Morgan fingerprint density at radius 3 is 2.81 bits per heavy atom. The van der Waals surface area contributed by atoms with Crippen LogP contribution in [0.25, 0.3) is 0 Å². The summed E-state index contributed by atoms with van der Waals surface area (Å²) in [5.74, 6) is 0.722. The summed E-state index contributed by atoms with van der Waals surface area (Å²) < 4.78 is 5.87. The molecule has 1 aromatic rings. The van der Waals surface area contributed by atoms with Crippen LogP contribution >= 0.6 is 0 Å². The first-order valence-electron chi connectivity index (χ1n) is 5.68. The Balaban J connectivity index is 2.11. The van der Waals surface area contributed by atoms with E-state index in [9.17, 15) is 0 Å². The molecule has 1 heterocycles.